The summed E-state index contributed by atoms with van der Waals surface area (Å²) in [5.41, 5.74) is 0.825. The maximum atomic E-state index is 6.26. The van der Waals surface area contributed by atoms with Gasteiger partial charge in [-0.1, -0.05) is 32.9 Å². The molecule has 1 aromatic rings. The van der Waals surface area contributed by atoms with Crippen LogP contribution >= 0.6 is 0 Å². The summed E-state index contributed by atoms with van der Waals surface area (Å²) in [4.78, 5) is 0. The van der Waals surface area contributed by atoms with E-state index in [1.807, 2.05) is 4.68 Å². The molecule has 0 fully saturated rings. The molecule has 0 aliphatic carbocycles. The predicted octanol–water partition coefficient (Wildman–Crippen LogP) is 5.38. The van der Waals surface area contributed by atoms with E-state index in [1.165, 1.54) is 0 Å². The summed E-state index contributed by atoms with van der Waals surface area (Å²) in [7, 11) is 0. The fourth-order valence-corrected chi connectivity index (χ4v) is 2.66. The van der Waals surface area contributed by atoms with Gasteiger partial charge in [0, 0.05) is 25.8 Å². The van der Waals surface area contributed by atoms with E-state index in [0.29, 0.717) is 6.61 Å². The fourth-order valence-electron chi connectivity index (χ4n) is 2.66. The lowest BCUT2D eigenvalue weighted by Gasteiger charge is -2.30. The molecule has 1 rings (SSSR count). The molecule has 0 aliphatic rings. The Hall–Kier alpha value is -0.940. The number of hydrogen-bond donors (Lipinski definition) is 0. The third-order valence-electron chi connectivity index (χ3n) is 5.02. The molecule has 0 saturated heterocycles. The normalized spacial score (nSPS) is 15.8. The van der Waals surface area contributed by atoms with Crippen molar-refractivity contribution < 1.29 is 9.47 Å². The molecule has 158 valence electrons. The Morgan fingerprint density at radius 2 is 1.48 bits per heavy atom. The van der Waals surface area contributed by atoms with Crippen molar-refractivity contribution in [2.45, 2.75) is 112 Å². The summed E-state index contributed by atoms with van der Waals surface area (Å²) < 4.78 is 14.1. The van der Waals surface area contributed by atoms with Crippen LogP contribution in [0.4, 0.5) is 0 Å². The second kappa shape index (κ2) is 9.04. The van der Waals surface area contributed by atoms with E-state index >= 15 is 0 Å². The van der Waals surface area contributed by atoms with E-state index in [9.17, 15) is 0 Å². The number of rotatable bonds is 10. The van der Waals surface area contributed by atoms with Crippen LogP contribution in [0.5, 0.6) is 0 Å². The minimum atomic E-state index is -0.203. The third kappa shape index (κ3) is 9.20. The summed E-state index contributed by atoms with van der Waals surface area (Å²) in [5.74, 6) is 0. The largest absolute Gasteiger partial charge is 0.376 e. The van der Waals surface area contributed by atoms with Crippen LogP contribution in [0.25, 0.3) is 0 Å². The molecule has 0 aliphatic heterocycles. The standard InChI is InChI=1S/C22H43N3O2/c1-11-22(10,27-14-12-19(2,3)4)16-18-17-25(24-23-18)21(8,9)13-15-26-20(5,6)7/h17H,11-16H2,1-10H3. The van der Waals surface area contributed by atoms with Crippen molar-refractivity contribution in [2.75, 3.05) is 13.2 Å². The lowest BCUT2D eigenvalue weighted by atomic mass is 9.92. The fraction of sp³-hybridized carbons (Fsp3) is 0.909. The van der Waals surface area contributed by atoms with Crippen LogP contribution in [-0.2, 0) is 21.4 Å². The van der Waals surface area contributed by atoms with Crippen molar-refractivity contribution in [2.24, 2.45) is 5.41 Å². The number of nitrogens with zero attached hydrogens (tertiary/aromatic N) is 3. The molecule has 0 bridgehead atoms. The van der Waals surface area contributed by atoms with Crippen molar-refractivity contribution in [3.05, 3.63) is 11.9 Å². The van der Waals surface area contributed by atoms with E-state index in [4.69, 9.17) is 9.47 Å². The van der Waals surface area contributed by atoms with Crippen molar-refractivity contribution in [1.29, 1.82) is 0 Å². The van der Waals surface area contributed by atoms with E-state index in [1.54, 1.807) is 0 Å². The average Bonchev–Trinajstić information content (AvgIpc) is 2.93. The quantitative estimate of drug-likeness (QED) is 0.546. The highest BCUT2D eigenvalue weighted by Crippen LogP contribution is 2.26. The maximum absolute atomic E-state index is 6.26. The zero-order valence-electron chi connectivity index (χ0n) is 19.5. The molecule has 0 amide bonds. The Morgan fingerprint density at radius 3 is 2.00 bits per heavy atom. The molecule has 0 aromatic carbocycles. The Bertz CT molecular complexity index is 567. The summed E-state index contributed by atoms with van der Waals surface area (Å²) in [6.07, 6.45) is 5.74. The predicted molar refractivity (Wildman–Crippen MR) is 112 cm³/mol. The lowest BCUT2D eigenvalue weighted by Crippen LogP contribution is -2.32. The van der Waals surface area contributed by atoms with Gasteiger partial charge >= 0.3 is 0 Å². The van der Waals surface area contributed by atoms with Gasteiger partial charge in [-0.2, -0.15) is 0 Å². The molecule has 5 nitrogen and oxygen atoms in total. The van der Waals surface area contributed by atoms with Gasteiger partial charge < -0.3 is 9.47 Å². The summed E-state index contributed by atoms with van der Waals surface area (Å²) in [6.45, 7) is 23.2. The van der Waals surface area contributed by atoms with Crippen LogP contribution in [0.2, 0.25) is 0 Å². The van der Waals surface area contributed by atoms with Crippen LogP contribution < -0.4 is 0 Å². The Morgan fingerprint density at radius 1 is 0.889 bits per heavy atom. The van der Waals surface area contributed by atoms with Gasteiger partial charge in [-0.15, -0.1) is 5.10 Å². The van der Waals surface area contributed by atoms with Crippen LogP contribution in [-0.4, -0.2) is 39.4 Å². The lowest BCUT2D eigenvalue weighted by molar-refractivity contribution is -0.0436. The smallest absolute Gasteiger partial charge is 0.0856 e. The van der Waals surface area contributed by atoms with Crippen molar-refractivity contribution >= 4 is 0 Å². The van der Waals surface area contributed by atoms with Gasteiger partial charge in [0.15, 0.2) is 0 Å². The SMILES string of the molecule is CCC(C)(Cc1cn(C(C)(C)CCOC(C)(C)C)nn1)OCCC(C)(C)C. The maximum Gasteiger partial charge on any atom is 0.0856 e. The molecular weight excluding hydrogens is 338 g/mol. The first-order valence-electron chi connectivity index (χ1n) is 10.4. The van der Waals surface area contributed by atoms with Gasteiger partial charge in [-0.25, -0.2) is 4.68 Å². The zero-order valence-corrected chi connectivity index (χ0v) is 19.5. The van der Waals surface area contributed by atoms with Gasteiger partial charge in [0.2, 0.25) is 0 Å². The van der Waals surface area contributed by atoms with E-state index in [2.05, 4.69) is 85.7 Å². The first-order chi connectivity index (χ1) is 12.2. The Labute approximate surface area is 167 Å². The molecule has 5 heteroatoms. The number of ether oxygens (including phenoxy) is 2. The van der Waals surface area contributed by atoms with Gasteiger partial charge in [0.25, 0.3) is 0 Å². The van der Waals surface area contributed by atoms with Crippen molar-refractivity contribution in [1.82, 2.24) is 15.0 Å². The van der Waals surface area contributed by atoms with Gasteiger partial charge in [-0.05, 0) is 66.2 Å². The molecule has 1 atom stereocenters. The van der Waals surface area contributed by atoms with Crippen LogP contribution in [0.3, 0.4) is 0 Å². The van der Waals surface area contributed by atoms with Crippen molar-refractivity contribution in [3.8, 4) is 0 Å². The van der Waals surface area contributed by atoms with Crippen LogP contribution in [0.15, 0.2) is 6.20 Å². The third-order valence-corrected chi connectivity index (χ3v) is 5.02. The summed E-state index contributed by atoms with van der Waals surface area (Å²) in [5, 5.41) is 8.82. The van der Waals surface area contributed by atoms with Crippen molar-refractivity contribution in [3.63, 3.8) is 0 Å². The van der Waals surface area contributed by atoms with Gasteiger partial charge in [-0.3, -0.25) is 0 Å². The number of aromatic nitrogens is 3. The topological polar surface area (TPSA) is 49.2 Å². The molecule has 0 spiro atoms. The second-order valence-electron chi connectivity index (χ2n) is 10.8. The number of hydrogen-bond acceptors (Lipinski definition) is 4. The minimum absolute atomic E-state index is 0.114. The van der Waals surface area contributed by atoms with Gasteiger partial charge in [0.1, 0.15) is 0 Å². The molecule has 1 aromatic heterocycles. The minimum Gasteiger partial charge on any atom is -0.376 e. The van der Waals surface area contributed by atoms with E-state index < -0.39 is 0 Å². The monoisotopic (exact) mass is 381 g/mol. The van der Waals surface area contributed by atoms with E-state index in [-0.39, 0.29) is 22.2 Å². The molecule has 27 heavy (non-hydrogen) atoms. The van der Waals surface area contributed by atoms with Crippen LogP contribution in [0.1, 0.15) is 94.2 Å². The molecule has 1 heterocycles. The molecular formula is C22H43N3O2. The first-order valence-corrected chi connectivity index (χ1v) is 10.4. The highest BCUT2D eigenvalue weighted by atomic mass is 16.5. The highest BCUT2D eigenvalue weighted by molar-refractivity contribution is 5.00. The highest BCUT2D eigenvalue weighted by Gasteiger charge is 2.28. The summed E-state index contributed by atoms with van der Waals surface area (Å²) >= 11 is 0. The average molecular weight is 382 g/mol. The first kappa shape index (κ1) is 24.1. The second-order valence-corrected chi connectivity index (χ2v) is 10.8. The molecule has 0 N–H and O–H groups in total. The van der Waals surface area contributed by atoms with Gasteiger partial charge in [0.05, 0.1) is 22.4 Å². The summed E-state index contributed by atoms with van der Waals surface area (Å²) in [6, 6.07) is 0. The molecule has 1 unspecified atom stereocenters. The van der Waals surface area contributed by atoms with E-state index in [0.717, 1.165) is 38.0 Å². The zero-order chi connectivity index (χ0) is 20.9. The van der Waals surface area contributed by atoms with Crippen LogP contribution in [0, 0.1) is 5.41 Å². The Balaban J connectivity index is 2.68. The molecule has 0 radical (unpaired) electrons. The molecule has 0 saturated carbocycles. The Kier molecular flexibility index (Phi) is 8.07.